The Morgan fingerprint density at radius 3 is 1.57 bits per heavy atom. The number of rotatable bonds is 42. The van der Waals surface area contributed by atoms with Crippen LogP contribution in [0.4, 0.5) is 0 Å². The Bertz CT molecular complexity index is 1210. The molecule has 6 nitrogen and oxygen atoms in total. The molecule has 6 heteroatoms. The van der Waals surface area contributed by atoms with Crippen LogP contribution in [0.2, 0.25) is 0 Å². The molecule has 0 rings (SSSR count). The highest BCUT2D eigenvalue weighted by Crippen LogP contribution is 2.17. The van der Waals surface area contributed by atoms with Crippen LogP contribution >= 0.6 is 0 Å². The molecule has 0 heterocycles. The molecule has 0 bridgehead atoms. The molecular weight excluding hydrogens is 743 g/mol. The molecule has 0 fully saturated rings. The first-order chi connectivity index (χ1) is 29.5. The molecule has 3 atom stereocenters. The lowest BCUT2D eigenvalue weighted by Crippen LogP contribution is -2.46. The van der Waals surface area contributed by atoms with Crippen LogP contribution in [0.15, 0.2) is 97.2 Å². The van der Waals surface area contributed by atoms with Gasteiger partial charge in [0.2, 0.25) is 5.91 Å². The van der Waals surface area contributed by atoms with Crippen molar-refractivity contribution < 1.29 is 24.5 Å². The second kappa shape index (κ2) is 46.8. The van der Waals surface area contributed by atoms with Gasteiger partial charge in [0.15, 0.2) is 0 Å². The molecule has 0 aliphatic heterocycles. The van der Waals surface area contributed by atoms with Gasteiger partial charge in [-0.05, 0) is 77.0 Å². The number of esters is 1. The number of amides is 1. The molecule has 0 aromatic heterocycles. The van der Waals surface area contributed by atoms with Crippen LogP contribution in [0.1, 0.15) is 207 Å². The number of aliphatic hydroxyl groups excluding tert-OH is 2. The van der Waals surface area contributed by atoms with Crippen molar-refractivity contribution in [2.45, 2.75) is 225 Å². The van der Waals surface area contributed by atoms with Gasteiger partial charge >= 0.3 is 5.97 Å². The first kappa shape index (κ1) is 56.8. The van der Waals surface area contributed by atoms with Crippen LogP contribution < -0.4 is 5.32 Å². The third-order valence-corrected chi connectivity index (χ3v) is 10.5. The van der Waals surface area contributed by atoms with Gasteiger partial charge in [0, 0.05) is 6.42 Å². The van der Waals surface area contributed by atoms with Gasteiger partial charge in [-0.2, -0.15) is 0 Å². The van der Waals surface area contributed by atoms with E-state index in [0.29, 0.717) is 19.3 Å². The lowest BCUT2D eigenvalue weighted by Gasteiger charge is -2.24. The fraction of sp³-hybridized carbons (Fsp3) is 0.667. The Morgan fingerprint density at radius 2 is 0.983 bits per heavy atom. The van der Waals surface area contributed by atoms with Gasteiger partial charge in [0.25, 0.3) is 0 Å². The van der Waals surface area contributed by atoms with E-state index in [2.05, 4.69) is 80.8 Å². The largest absolute Gasteiger partial charge is 0.462 e. The zero-order valence-corrected chi connectivity index (χ0v) is 38.8. The standard InChI is InChI=1S/C54H91NO5/c1-4-7-10-13-16-19-22-25-27-29-32-35-38-41-44-47-54(59)60-50(45-42-39-36-33-30-28-26-23-20-17-14-11-8-5-2)48-53(58)55-51(49-56)52(57)46-43-40-37-34-31-24-21-18-15-12-9-6-3/h7-8,10-11,13,16-17,19-20,22,25-29,32,50-52,56-57H,4-6,9,12,14-15,18,21,23-24,30-31,33-49H2,1-3H3,(H,55,58)/b10-7+,11-8+,16-13+,20-17+,22-19-,27-25-,28-26+,32-29+. The highest BCUT2D eigenvalue weighted by atomic mass is 16.5. The molecule has 3 unspecified atom stereocenters. The van der Waals surface area contributed by atoms with E-state index < -0.39 is 18.2 Å². The maximum absolute atomic E-state index is 13.2. The van der Waals surface area contributed by atoms with Crippen molar-refractivity contribution in [3.63, 3.8) is 0 Å². The van der Waals surface area contributed by atoms with Crippen molar-refractivity contribution in [2.24, 2.45) is 0 Å². The average Bonchev–Trinajstić information content (AvgIpc) is 3.24. The SMILES string of the molecule is CC/C=C/C=C/C=C\C=C/C=C/CCCCCC(=O)OC(CCCCCC/C=C/C/C=C/C/C=C/CC)CC(=O)NC(CO)C(O)CCCCCCCCCCCCCC. The van der Waals surface area contributed by atoms with E-state index in [1.165, 1.54) is 57.8 Å². The molecule has 0 aliphatic rings. The minimum Gasteiger partial charge on any atom is -0.462 e. The summed E-state index contributed by atoms with van der Waals surface area (Å²) in [6.07, 6.45) is 61.7. The van der Waals surface area contributed by atoms with Gasteiger partial charge < -0.3 is 20.3 Å². The van der Waals surface area contributed by atoms with Crippen LogP contribution in [-0.4, -0.2) is 46.9 Å². The summed E-state index contributed by atoms with van der Waals surface area (Å²) in [5, 5.41) is 23.7. The van der Waals surface area contributed by atoms with E-state index in [0.717, 1.165) is 103 Å². The van der Waals surface area contributed by atoms with Crippen molar-refractivity contribution >= 4 is 11.9 Å². The number of carbonyl (C=O) groups excluding carboxylic acids is 2. The maximum atomic E-state index is 13.2. The van der Waals surface area contributed by atoms with Crippen molar-refractivity contribution in [2.75, 3.05) is 6.61 Å². The third kappa shape index (κ3) is 41.5. The summed E-state index contributed by atoms with van der Waals surface area (Å²) in [6.45, 7) is 6.19. The van der Waals surface area contributed by atoms with Crippen LogP contribution in [0, 0.1) is 0 Å². The summed E-state index contributed by atoms with van der Waals surface area (Å²) in [5.41, 5.74) is 0. The monoisotopic (exact) mass is 834 g/mol. The van der Waals surface area contributed by atoms with Crippen molar-refractivity contribution in [3.8, 4) is 0 Å². The number of allylic oxidation sites excluding steroid dienone is 16. The average molecular weight is 834 g/mol. The first-order valence-corrected chi connectivity index (χ1v) is 24.5. The topological polar surface area (TPSA) is 95.9 Å². The number of hydrogen-bond acceptors (Lipinski definition) is 5. The van der Waals surface area contributed by atoms with Crippen molar-refractivity contribution in [1.29, 1.82) is 0 Å². The second-order valence-electron chi connectivity index (χ2n) is 16.2. The molecule has 0 saturated heterocycles. The number of hydrogen-bond donors (Lipinski definition) is 3. The first-order valence-electron chi connectivity index (χ1n) is 24.5. The summed E-state index contributed by atoms with van der Waals surface area (Å²) >= 11 is 0. The van der Waals surface area contributed by atoms with Crippen LogP contribution in [0.25, 0.3) is 0 Å². The Hall–Kier alpha value is -3.22. The smallest absolute Gasteiger partial charge is 0.306 e. The van der Waals surface area contributed by atoms with Crippen LogP contribution in [-0.2, 0) is 14.3 Å². The van der Waals surface area contributed by atoms with Gasteiger partial charge in [0.05, 0.1) is 25.2 Å². The minimum atomic E-state index is -0.806. The fourth-order valence-electron chi connectivity index (χ4n) is 6.88. The molecule has 0 spiro atoms. The van der Waals surface area contributed by atoms with E-state index in [9.17, 15) is 19.8 Å². The summed E-state index contributed by atoms with van der Waals surface area (Å²) in [5.74, 6) is -0.554. The number of aliphatic hydroxyl groups is 2. The highest BCUT2D eigenvalue weighted by Gasteiger charge is 2.24. The number of nitrogens with one attached hydrogen (secondary N) is 1. The fourth-order valence-corrected chi connectivity index (χ4v) is 6.88. The van der Waals surface area contributed by atoms with E-state index in [4.69, 9.17) is 4.74 Å². The molecule has 60 heavy (non-hydrogen) atoms. The normalized spacial score (nSPS) is 14.2. The molecular formula is C54H91NO5. The summed E-state index contributed by atoms with van der Waals surface area (Å²) < 4.78 is 5.89. The molecule has 342 valence electrons. The Labute approximate surface area is 369 Å². The molecule has 0 aromatic rings. The molecule has 0 saturated carbocycles. The van der Waals surface area contributed by atoms with Crippen molar-refractivity contribution in [3.05, 3.63) is 97.2 Å². The quantitative estimate of drug-likeness (QED) is 0.0246. The molecule has 0 aromatic carbocycles. The minimum absolute atomic E-state index is 0.0394. The van der Waals surface area contributed by atoms with Gasteiger partial charge in [-0.1, -0.05) is 214 Å². The molecule has 3 N–H and O–H groups in total. The zero-order chi connectivity index (χ0) is 43.8. The maximum Gasteiger partial charge on any atom is 0.306 e. The van der Waals surface area contributed by atoms with Gasteiger partial charge in [-0.15, -0.1) is 0 Å². The summed E-state index contributed by atoms with van der Waals surface area (Å²) in [7, 11) is 0. The van der Waals surface area contributed by atoms with E-state index in [1.807, 2.05) is 42.5 Å². The van der Waals surface area contributed by atoms with Gasteiger partial charge in [0.1, 0.15) is 6.10 Å². The lowest BCUT2D eigenvalue weighted by atomic mass is 10.0. The van der Waals surface area contributed by atoms with E-state index in [-0.39, 0.29) is 24.9 Å². The van der Waals surface area contributed by atoms with Crippen LogP contribution in [0.3, 0.4) is 0 Å². The lowest BCUT2D eigenvalue weighted by molar-refractivity contribution is -0.151. The number of carbonyl (C=O) groups is 2. The van der Waals surface area contributed by atoms with E-state index in [1.54, 1.807) is 0 Å². The van der Waals surface area contributed by atoms with Crippen LogP contribution in [0.5, 0.6) is 0 Å². The van der Waals surface area contributed by atoms with Crippen molar-refractivity contribution in [1.82, 2.24) is 5.32 Å². The summed E-state index contributed by atoms with van der Waals surface area (Å²) in [4.78, 5) is 26.1. The highest BCUT2D eigenvalue weighted by molar-refractivity contribution is 5.77. The number of ether oxygens (including phenoxy) is 1. The van der Waals surface area contributed by atoms with E-state index >= 15 is 0 Å². The Kier molecular flexibility index (Phi) is 44.3. The van der Waals surface area contributed by atoms with Gasteiger partial charge in [-0.3, -0.25) is 9.59 Å². The number of unbranched alkanes of at least 4 members (excludes halogenated alkanes) is 18. The molecule has 1 amide bonds. The predicted molar refractivity (Wildman–Crippen MR) is 259 cm³/mol. The molecule has 0 aliphatic carbocycles. The zero-order valence-electron chi connectivity index (χ0n) is 38.8. The Balaban J connectivity index is 4.74. The van der Waals surface area contributed by atoms with Gasteiger partial charge in [-0.25, -0.2) is 0 Å². The Morgan fingerprint density at radius 1 is 0.517 bits per heavy atom. The second-order valence-corrected chi connectivity index (χ2v) is 16.2. The third-order valence-electron chi connectivity index (χ3n) is 10.5. The molecule has 0 radical (unpaired) electrons. The predicted octanol–water partition coefficient (Wildman–Crippen LogP) is 14.6. The summed E-state index contributed by atoms with van der Waals surface area (Å²) in [6, 6.07) is -0.723.